The van der Waals surface area contributed by atoms with E-state index in [4.69, 9.17) is 4.74 Å². The summed E-state index contributed by atoms with van der Waals surface area (Å²) in [5.41, 5.74) is 0.205. The average molecular weight is 369 g/mol. The quantitative estimate of drug-likeness (QED) is 0.273. The largest absolute Gasteiger partial charge is 0.422 e. The second kappa shape index (κ2) is 5.79. The first-order valence-corrected chi connectivity index (χ1v) is 6.37. The van der Waals surface area contributed by atoms with E-state index in [1.807, 2.05) is 12.1 Å². The molecule has 0 amide bonds. The summed E-state index contributed by atoms with van der Waals surface area (Å²) in [5.74, 6) is -0.0783. The molecule has 19 heavy (non-hydrogen) atoms. The van der Waals surface area contributed by atoms with Crippen molar-refractivity contribution in [3.63, 3.8) is 0 Å². The minimum absolute atomic E-state index is 0.0640. The lowest BCUT2D eigenvalue weighted by Crippen LogP contribution is -2.09. The molecular weight excluding hydrogens is 361 g/mol. The van der Waals surface area contributed by atoms with Gasteiger partial charge in [0.15, 0.2) is 0 Å². The maximum Gasteiger partial charge on any atom is 0.343 e. The number of hydrogen-bond acceptors (Lipinski definition) is 4. The van der Waals surface area contributed by atoms with E-state index < -0.39 is 10.9 Å². The van der Waals surface area contributed by atoms with Gasteiger partial charge in [0.25, 0.3) is 5.69 Å². The first-order chi connectivity index (χ1) is 9.08. The van der Waals surface area contributed by atoms with Crippen molar-refractivity contribution in [3.8, 4) is 5.75 Å². The average Bonchev–Trinajstić information content (AvgIpc) is 2.41. The van der Waals surface area contributed by atoms with E-state index in [2.05, 4.69) is 22.6 Å². The van der Waals surface area contributed by atoms with Crippen LogP contribution >= 0.6 is 22.6 Å². The molecule has 5 nitrogen and oxygen atoms in total. The molecule has 0 radical (unpaired) electrons. The summed E-state index contributed by atoms with van der Waals surface area (Å²) in [5, 5.41) is 10.5. The summed E-state index contributed by atoms with van der Waals surface area (Å²) in [6.07, 6.45) is 0. The monoisotopic (exact) mass is 369 g/mol. The van der Waals surface area contributed by atoms with Crippen LogP contribution < -0.4 is 4.74 Å². The van der Waals surface area contributed by atoms with Gasteiger partial charge in [-0.15, -0.1) is 0 Å². The second-order valence-corrected chi connectivity index (χ2v) is 4.79. The molecule has 0 N–H and O–H groups in total. The van der Waals surface area contributed by atoms with Crippen molar-refractivity contribution in [2.24, 2.45) is 0 Å². The van der Waals surface area contributed by atoms with Crippen molar-refractivity contribution < 1.29 is 14.5 Å². The molecule has 0 aliphatic carbocycles. The van der Waals surface area contributed by atoms with E-state index >= 15 is 0 Å². The van der Waals surface area contributed by atoms with E-state index in [1.54, 1.807) is 12.1 Å². The smallest absolute Gasteiger partial charge is 0.343 e. The number of non-ortho nitro benzene ring substituents is 1. The van der Waals surface area contributed by atoms with Crippen LogP contribution in [-0.4, -0.2) is 10.9 Å². The van der Waals surface area contributed by atoms with E-state index in [1.165, 1.54) is 24.3 Å². The van der Waals surface area contributed by atoms with Crippen molar-refractivity contribution in [2.75, 3.05) is 0 Å². The highest BCUT2D eigenvalue weighted by molar-refractivity contribution is 14.1. The van der Waals surface area contributed by atoms with Gasteiger partial charge < -0.3 is 4.74 Å². The van der Waals surface area contributed by atoms with E-state index in [-0.39, 0.29) is 11.3 Å². The Labute approximate surface area is 122 Å². The molecule has 0 aliphatic heterocycles. The number of nitrogens with zero attached hydrogens (tertiary/aromatic N) is 1. The Bertz CT molecular complexity index is 625. The number of carbonyl (C=O) groups excluding carboxylic acids is 1. The second-order valence-electron chi connectivity index (χ2n) is 3.62. The molecular formula is C13H8INO4. The highest BCUT2D eigenvalue weighted by Gasteiger charge is 2.12. The van der Waals surface area contributed by atoms with Crippen molar-refractivity contribution in [2.45, 2.75) is 0 Å². The van der Waals surface area contributed by atoms with Gasteiger partial charge in [-0.2, -0.15) is 0 Å². The Morgan fingerprint density at radius 1 is 1.11 bits per heavy atom. The van der Waals surface area contributed by atoms with Crippen LogP contribution in [-0.2, 0) is 0 Å². The molecule has 0 aromatic heterocycles. The van der Waals surface area contributed by atoms with Gasteiger partial charge in [-0.3, -0.25) is 10.1 Å². The fourth-order valence-corrected chi connectivity index (χ4v) is 1.90. The first kappa shape index (κ1) is 13.5. The summed E-state index contributed by atoms with van der Waals surface area (Å²) in [4.78, 5) is 21.8. The van der Waals surface area contributed by atoms with Gasteiger partial charge in [0.2, 0.25) is 0 Å². The number of benzene rings is 2. The summed E-state index contributed by atoms with van der Waals surface area (Å²) >= 11 is 2.06. The molecule has 0 bridgehead atoms. The number of halogens is 1. The van der Waals surface area contributed by atoms with Crippen molar-refractivity contribution in [3.05, 3.63) is 67.8 Å². The van der Waals surface area contributed by atoms with Crippen molar-refractivity contribution in [1.29, 1.82) is 0 Å². The fourth-order valence-electron chi connectivity index (χ4n) is 1.41. The van der Waals surface area contributed by atoms with Crippen LogP contribution in [0.1, 0.15) is 10.4 Å². The lowest BCUT2D eigenvalue weighted by molar-refractivity contribution is -0.384. The molecule has 0 saturated carbocycles. The van der Waals surface area contributed by atoms with Gasteiger partial charge in [0.05, 0.1) is 14.1 Å². The number of carbonyl (C=O) groups is 1. The van der Waals surface area contributed by atoms with Gasteiger partial charge in [-0.1, -0.05) is 12.1 Å². The number of para-hydroxylation sites is 1. The predicted molar refractivity (Wildman–Crippen MR) is 77.2 cm³/mol. The molecule has 0 aliphatic rings. The van der Waals surface area contributed by atoms with Gasteiger partial charge in [0, 0.05) is 12.1 Å². The molecule has 0 heterocycles. The molecule has 0 saturated heterocycles. The zero-order chi connectivity index (χ0) is 13.8. The fraction of sp³-hybridized carbons (Fsp3) is 0. The third-order valence-corrected chi connectivity index (χ3v) is 3.24. The topological polar surface area (TPSA) is 69.4 Å². The van der Waals surface area contributed by atoms with Gasteiger partial charge in [-0.05, 0) is 46.9 Å². The third kappa shape index (κ3) is 3.28. The Balaban J connectivity index is 2.16. The zero-order valence-corrected chi connectivity index (χ0v) is 11.7. The van der Waals surface area contributed by atoms with Crippen LogP contribution in [0, 0.1) is 13.7 Å². The van der Waals surface area contributed by atoms with Gasteiger partial charge in [0.1, 0.15) is 5.75 Å². The van der Waals surface area contributed by atoms with Crippen LogP contribution in [0.5, 0.6) is 5.75 Å². The number of ether oxygens (including phenoxy) is 1. The molecule has 0 fully saturated rings. The van der Waals surface area contributed by atoms with E-state index in [0.717, 1.165) is 3.57 Å². The summed E-state index contributed by atoms with van der Waals surface area (Å²) in [6, 6.07) is 12.4. The number of hydrogen-bond donors (Lipinski definition) is 0. The van der Waals surface area contributed by atoms with Crippen LogP contribution in [0.3, 0.4) is 0 Å². The van der Waals surface area contributed by atoms with Crippen molar-refractivity contribution in [1.82, 2.24) is 0 Å². The number of rotatable bonds is 3. The van der Waals surface area contributed by atoms with Crippen LogP contribution in [0.25, 0.3) is 0 Å². The zero-order valence-electron chi connectivity index (χ0n) is 9.58. The van der Waals surface area contributed by atoms with E-state index in [0.29, 0.717) is 5.75 Å². The molecule has 96 valence electrons. The molecule has 2 aromatic carbocycles. The lowest BCUT2D eigenvalue weighted by Gasteiger charge is -2.05. The summed E-state index contributed by atoms with van der Waals surface area (Å²) in [6.45, 7) is 0. The molecule has 0 unspecified atom stereocenters. The number of nitro groups is 1. The van der Waals surface area contributed by atoms with Crippen molar-refractivity contribution >= 4 is 34.2 Å². The minimum atomic E-state index is -0.543. The third-order valence-electron chi connectivity index (χ3n) is 2.35. The lowest BCUT2D eigenvalue weighted by atomic mass is 10.2. The normalized spacial score (nSPS) is 9.95. The standard InChI is InChI=1S/C13H8INO4/c14-11-3-1-2-4-12(11)19-13(16)9-5-7-10(8-6-9)15(17)18/h1-8H. The maximum atomic E-state index is 11.9. The van der Waals surface area contributed by atoms with Crippen LogP contribution in [0.15, 0.2) is 48.5 Å². The van der Waals surface area contributed by atoms with Gasteiger partial charge >= 0.3 is 5.97 Å². The Hall–Kier alpha value is -1.96. The van der Waals surface area contributed by atoms with Crippen LogP contribution in [0.2, 0.25) is 0 Å². The Kier molecular flexibility index (Phi) is 4.10. The maximum absolute atomic E-state index is 11.9. The first-order valence-electron chi connectivity index (χ1n) is 5.29. The highest BCUT2D eigenvalue weighted by Crippen LogP contribution is 2.21. The van der Waals surface area contributed by atoms with Gasteiger partial charge in [-0.25, -0.2) is 4.79 Å². The molecule has 6 heteroatoms. The number of esters is 1. The molecule has 0 atom stereocenters. The minimum Gasteiger partial charge on any atom is -0.422 e. The Morgan fingerprint density at radius 2 is 1.74 bits per heavy atom. The SMILES string of the molecule is O=C(Oc1ccccc1I)c1ccc([N+](=O)[O-])cc1. The Morgan fingerprint density at radius 3 is 2.32 bits per heavy atom. The summed E-state index contributed by atoms with van der Waals surface area (Å²) in [7, 11) is 0. The molecule has 0 spiro atoms. The predicted octanol–water partition coefficient (Wildman–Crippen LogP) is 3.42. The van der Waals surface area contributed by atoms with E-state index in [9.17, 15) is 14.9 Å². The van der Waals surface area contributed by atoms with Crippen LogP contribution in [0.4, 0.5) is 5.69 Å². The molecule has 2 rings (SSSR count). The molecule has 2 aromatic rings. The number of nitro benzene ring substituents is 1. The highest BCUT2D eigenvalue weighted by atomic mass is 127. The summed E-state index contributed by atoms with van der Waals surface area (Å²) < 4.78 is 6.03.